The number of benzene rings is 1. The molecule has 1 aromatic carbocycles. The zero-order valence-corrected chi connectivity index (χ0v) is 11.0. The molecule has 0 nitrogen and oxygen atoms in total. The molecular weight excluding hydrogens is 327 g/mol. The van der Waals surface area contributed by atoms with Gasteiger partial charge < -0.3 is 0 Å². The minimum atomic E-state index is -0.487. The molecule has 0 N–H and O–H groups in total. The van der Waals surface area contributed by atoms with Crippen LogP contribution in [0.15, 0.2) is 24.5 Å². The molecule has 0 aliphatic heterocycles. The average molecular weight is 327 g/mol. The summed E-state index contributed by atoms with van der Waals surface area (Å²) in [7, 11) is 0. The van der Waals surface area contributed by atoms with Gasteiger partial charge in [0, 0.05) is 6.07 Å². The molecule has 1 rings (SSSR count). The maximum Gasteiger partial charge on any atom is 0.0838 e. The second-order valence-corrected chi connectivity index (χ2v) is 4.97. The van der Waals surface area contributed by atoms with Gasteiger partial charge in [0.15, 0.2) is 0 Å². The molecule has 0 atom stereocenters. The summed E-state index contributed by atoms with van der Waals surface area (Å²) in [5, 5.41) is 0. The van der Waals surface area contributed by atoms with E-state index in [2.05, 4.69) is 6.07 Å². The Hall–Kier alpha value is 0.620. The molecule has 0 fully saturated rings. The highest BCUT2D eigenvalue weighted by Gasteiger charge is 2.22. The van der Waals surface area contributed by atoms with E-state index in [4.69, 9.17) is 0 Å². The van der Waals surface area contributed by atoms with Crippen molar-refractivity contribution in [1.29, 1.82) is 0 Å². The van der Waals surface area contributed by atoms with E-state index in [9.17, 15) is 19.4 Å². The first kappa shape index (κ1) is 14.7. The van der Waals surface area contributed by atoms with Crippen LogP contribution in [0.1, 0.15) is 0 Å². The van der Waals surface area contributed by atoms with Crippen LogP contribution in [0.3, 0.4) is 0 Å². The summed E-state index contributed by atoms with van der Waals surface area (Å²) in [6.45, 7) is 0. The van der Waals surface area contributed by atoms with Crippen LogP contribution in [-0.4, -0.2) is 0 Å². The van der Waals surface area contributed by atoms with Crippen LogP contribution >= 0.6 is 60.7 Å². The van der Waals surface area contributed by atoms with E-state index < -0.39 is 85.2 Å². The Morgan fingerprint density at radius 1 is 0.562 bits per heavy atom. The number of halogens is 5. The summed E-state index contributed by atoms with van der Waals surface area (Å²) < 4.78 is 62.3. The quantitative estimate of drug-likeness (QED) is 0.574. The van der Waals surface area contributed by atoms with Gasteiger partial charge in [-0.25, -0.2) is 0 Å². The van der Waals surface area contributed by atoms with Crippen LogP contribution < -0.4 is 0 Å². The highest BCUT2D eigenvalue weighted by Crippen LogP contribution is 2.49. The molecule has 0 unspecified atom stereocenters. The lowest BCUT2D eigenvalue weighted by Crippen LogP contribution is -1.87. The lowest BCUT2D eigenvalue weighted by Gasteiger charge is -2.09. The second kappa shape index (κ2) is 7.14. The highest BCUT2D eigenvalue weighted by atomic mass is 32.2. The van der Waals surface area contributed by atoms with Crippen molar-refractivity contribution in [3.8, 4) is 0 Å². The molecule has 16 heavy (non-hydrogen) atoms. The minimum Gasteiger partial charge on any atom is -0.160 e. The van der Waals surface area contributed by atoms with Gasteiger partial charge in [0.1, 0.15) is 0 Å². The summed E-state index contributed by atoms with van der Waals surface area (Å²) in [6.07, 6.45) is 0. The second-order valence-electron chi connectivity index (χ2n) is 2.16. The SMILES string of the molecule is FSc1[c]c(SF)c(SF)c(SF)c1SF. The molecule has 1 aromatic rings. The van der Waals surface area contributed by atoms with Crippen molar-refractivity contribution < 1.29 is 19.4 Å². The Labute approximate surface area is 110 Å². The Morgan fingerprint density at radius 3 is 1.19 bits per heavy atom. The van der Waals surface area contributed by atoms with Gasteiger partial charge in [0.2, 0.25) is 0 Å². The number of hydrogen-bond acceptors (Lipinski definition) is 5. The molecule has 0 amide bonds. The van der Waals surface area contributed by atoms with Crippen LogP contribution in [0.5, 0.6) is 0 Å². The Kier molecular flexibility index (Phi) is 6.55. The van der Waals surface area contributed by atoms with Crippen molar-refractivity contribution in [2.24, 2.45) is 0 Å². The maximum absolute atomic E-state index is 12.5. The van der Waals surface area contributed by atoms with Gasteiger partial charge in [-0.1, -0.05) is 0 Å². The van der Waals surface area contributed by atoms with Crippen molar-refractivity contribution >= 4 is 60.7 Å². The minimum absolute atomic E-state index is 0.410. The topological polar surface area (TPSA) is 0 Å². The normalized spacial score (nSPS) is 10.8. The molecule has 10 heteroatoms. The largest absolute Gasteiger partial charge is 0.160 e. The van der Waals surface area contributed by atoms with Gasteiger partial charge in [-0.15, -0.1) is 0 Å². The fraction of sp³-hybridized carbons (Fsp3) is 0. The molecule has 0 heterocycles. The lowest BCUT2D eigenvalue weighted by molar-refractivity contribution is 0.825. The van der Waals surface area contributed by atoms with Crippen molar-refractivity contribution in [3.63, 3.8) is 0 Å². The third-order valence-corrected chi connectivity index (χ3v) is 4.56. The summed E-state index contributed by atoms with van der Waals surface area (Å²) in [5.74, 6) is 0. The van der Waals surface area contributed by atoms with Crippen LogP contribution in [0.4, 0.5) is 19.4 Å². The predicted molar refractivity (Wildman–Crippen MR) is 60.1 cm³/mol. The molecule has 0 aliphatic rings. The van der Waals surface area contributed by atoms with Gasteiger partial charge >= 0.3 is 0 Å². The van der Waals surface area contributed by atoms with E-state index in [1.165, 1.54) is 0 Å². The third-order valence-electron chi connectivity index (χ3n) is 1.44. The molecule has 0 saturated carbocycles. The Balaban J connectivity index is 3.47. The van der Waals surface area contributed by atoms with Crippen LogP contribution in [0.25, 0.3) is 0 Å². The lowest BCUT2D eigenvalue weighted by atomic mass is 10.3. The molecule has 0 spiro atoms. The molecule has 0 bridgehead atoms. The van der Waals surface area contributed by atoms with Crippen molar-refractivity contribution in [2.75, 3.05) is 0 Å². The van der Waals surface area contributed by atoms with E-state index in [-0.39, 0.29) is 0 Å². The van der Waals surface area contributed by atoms with Crippen LogP contribution in [-0.2, 0) is 0 Å². The van der Waals surface area contributed by atoms with Crippen molar-refractivity contribution in [3.05, 3.63) is 6.07 Å². The smallest absolute Gasteiger partial charge is 0.0838 e. The van der Waals surface area contributed by atoms with E-state index in [0.29, 0.717) is 0 Å². The molecule has 0 aromatic heterocycles. The van der Waals surface area contributed by atoms with Crippen molar-refractivity contribution in [2.45, 2.75) is 24.5 Å². The molecule has 1 radical (unpaired) electrons. The van der Waals surface area contributed by atoms with Crippen LogP contribution in [0.2, 0.25) is 0 Å². The fourth-order valence-corrected chi connectivity index (χ4v) is 3.42. The Morgan fingerprint density at radius 2 is 0.938 bits per heavy atom. The summed E-state index contributed by atoms with van der Waals surface area (Å²) in [5.41, 5.74) is 0. The fourth-order valence-electron chi connectivity index (χ4n) is 0.845. The van der Waals surface area contributed by atoms with Crippen molar-refractivity contribution in [1.82, 2.24) is 0 Å². The summed E-state index contributed by atoms with van der Waals surface area (Å²) >= 11 is -2.18. The molecule has 89 valence electrons. The first-order valence-corrected chi connectivity index (χ1v) is 6.88. The summed E-state index contributed by atoms with van der Waals surface area (Å²) in [4.78, 5) is -2.20. The predicted octanol–water partition coefficient (Wildman–Crippen LogP) is 6.37. The maximum atomic E-state index is 12.5. The van der Waals surface area contributed by atoms with Gasteiger partial charge in [-0.2, -0.15) is 19.4 Å². The molecular formula is C6F5S5. The first-order valence-electron chi connectivity index (χ1n) is 3.29. The number of hydrogen-bond donors (Lipinski definition) is 0. The molecule has 0 saturated heterocycles. The molecule has 0 aliphatic carbocycles. The zero-order valence-electron chi connectivity index (χ0n) is 6.93. The highest BCUT2D eigenvalue weighted by molar-refractivity contribution is 8.00. The standard InChI is InChI=1S/C6F5S5/c7-12-2-1-3(13-8)5(15-10)6(16-11)4(2)14-9. The van der Waals surface area contributed by atoms with Gasteiger partial charge in [0.25, 0.3) is 0 Å². The third kappa shape index (κ3) is 2.89. The van der Waals surface area contributed by atoms with E-state index in [1.807, 2.05) is 0 Å². The number of rotatable bonds is 5. The Bertz CT molecular complexity index is 343. The summed E-state index contributed by atoms with van der Waals surface area (Å²) in [6, 6.07) is 2.13. The van der Waals surface area contributed by atoms with E-state index >= 15 is 0 Å². The monoisotopic (exact) mass is 327 g/mol. The van der Waals surface area contributed by atoms with Crippen LogP contribution in [0, 0.1) is 6.07 Å². The van der Waals surface area contributed by atoms with Gasteiger partial charge in [-0.05, 0) is 0 Å². The average Bonchev–Trinajstić information content (AvgIpc) is 2.35. The van der Waals surface area contributed by atoms with E-state index in [1.54, 1.807) is 0 Å². The van der Waals surface area contributed by atoms with Gasteiger partial charge in [-0.3, -0.25) is 0 Å². The van der Waals surface area contributed by atoms with E-state index in [0.717, 1.165) is 0 Å². The van der Waals surface area contributed by atoms with Gasteiger partial charge in [0.05, 0.1) is 85.2 Å². The zero-order chi connectivity index (χ0) is 12.1. The first-order chi connectivity index (χ1) is 7.73.